The number of fused-ring (bicyclic) bond motifs is 1. The first-order valence-electron chi connectivity index (χ1n) is 10.3. The van der Waals surface area contributed by atoms with Crippen LogP contribution in [-0.4, -0.2) is 29.9 Å². The number of nitrogens with zero attached hydrogens (tertiary/aromatic N) is 2. The zero-order chi connectivity index (χ0) is 21.5. The molecule has 0 saturated heterocycles. The van der Waals surface area contributed by atoms with E-state index in [1.165, 1.54) is 0 Å². The summed E-state index contributed by atoms with van der Waals surface area (Å²) in [6, 6.07) is 23.3. The number of methoxy groups -OCH3 is 1. The summed E-state index contributed by atoms with van der Waals surface area (Å²) in [5.74, 6) is 3.82. The van der Waals surface area contributed by atoms with Gasteiger partial charge in [-0.2, -0.15) is 0 Å². The predicted octanol–water partition coefficient (Wildman–Crippen LogP) is 5.10. The molecule has 1 heterocycles. The highest BCUT2D eigenvalue weighted by molar-refractivity contribution is 5.75. The Morgan fingerprint density at radius 2 is 1.55 bits per heavy atom. The normalized spacial score (nSPS) is 10.8. The predicted molar refractivity (Wildman–Crippen MR) is 120 cm³/mol. The van der Waals surface area contributed by atoms with Crippen LogP contribution >= 0.6 is 0 Å². The number of imidazole rings is 1. The van der Waals surface area contributed by atoms with Gasteiger partial charge in [-0.3, -0.25) is 0 Å². The number of aromatic nitrogens is 2. The Balaban J connectivity index is 1.50. The topological polar surface area (TPSA) is 54.7 Å². The van der Waals surface area contributed by atoms with Crippen LogP contribution in [0.15, 0.2) is 72.8 Å². The van der Waals surface area contributed by atoms with Gasteiger partial charge in [-0.25, -0.2) is 4.98 Å². The molecule has 4 rings (SSSR count). The first-order valence-corrected chi connectivity index (χ1v) is 10.3. The largest absolute Gasteiger partial charge is 0.497 e. The van der Waals surface area contributed by atoms with Crippen molar-refractivity contribution in [2.24, 2.45) is 0 Å². The maximum Gasteiger partial charge on any atom is 0.161 e. The second-order valence-corrected chi connectivity index (χ2v) is 6.86. The van der Waals surface area contributed by atoms with Crippen molar-refractivity contribution in [1.82, 2.24) is 9.55 Å². The maximum absolute atomic E-state index is 6.03. The van der Waals surface area contributed by atoms with E-state index in [2.05, 4.69) is 10.6 Å². The highest BCUT2D eigenvalue weighted by Gasteiger charge is 2.12. The third kappa shape index (κ3) is 4.91. The summed E-state index contributed by atoms with van der Waals surface area (Å²) in [7, 11) is 1.64. The Hall–Kier alpha value is -3.67. The molecule has 0 aliphatic carbocycles. The highest BCUT2D eigenvalue weighted by atomic mass is 16.5. The summed E-state index contributed by atoms with van der Waals surface area (Å²) in [5, 5.41) is 0. The Kier molecular flexibility index (Phi) is 6.57. The SMILES string of the molecule is CCOc1ccccc1OCCn1c(COc2cccc(OC)c2)nc2ccccc21. The second-order valence-electron chi connectivity index (χ2n) is 6.86. The molecule has 3 aromatic carbocycles. The van der Waals surface area contributed by atoms with Crippen molar-refractivity contribution in [1.29, 1.82) is 0 Å². The minimum atomic E-state index is 0.345. The van der Waals surface area contributed by atoms with Crippen molar-refractivity contribution < 1.29 is 18.9 Å². The lowest BCUT2D eigenvalue weighted by Crippen LogP contribution is -2.13. The van der Waals surface area contributed by atoms with Gasteiger partial charge in [0, 0.05) is 6.07 Å². The van der Waals surface area contributed by atoms with Crippen LogP contribution in [0.1, 0.15) is 12.7 Å². The third-order valence-electron chi connectivity index (χ3n) is 4.86. The Bertz CT molecular complexity index is 1140. The Morgan fingerprint density at radius 1 is 0.806 bits per heavy atom. The molecule has 0 saturated carbocycles. The first kappa shape index (κ1) is 20.6. The second kappa shape index (κ2) is 9.89. The van der Waals surface area contributed by atoms with E-state index in [4.69, 9.17) is 23.9 Å². The van der Waals surface area contributed by atoms with Crippen molar-refractivity contribution in [3.8, 4) is 23.0 Å². The van der Waals surface area contributed by atoms with Gasteiger partial charge in [0.2, 0.25) is 0 Å². The smallest absolute Gasteiger partial charge is 0.161 e. The molecule has 0 spiro atoms. The van der Waals surface area contributed by atoms with E-state index in [0.717, 1.165) is 39.9 Å². The van der Waals surface area contributed by atoms with Gasteiger partial charge in [0.1, 0.15) is 30.5 Å². The lowest BCUT2D eigenvalue weighted by atomic mass is 10.3. The summed E-state index contributed by atoms with van der Waals surface area (Å²) in [6.45, 7) is 4.02. The van der Waals surface area contributed by atoms with Gasteiger partial charge >= 0.3 is 0 Å². The van der Waals surface area contributed by atoms with Crippen LogP contribution in [0.2, 0.25) is 0 Å². The van der Waals surface area contributed by atoms with E-state index < -0.39 is 0 Å². The molecule has 0 aliphatic heterocycles. The molecule has 0 atom stereocenters. The Labute approximate surface area is 182 Å². The first-order chi connectivity index (χ1) is 15.3. The number of rotatable bonds is 10. The molecule has 0 fully saturated rings. The van der Waals surface area contributed by atoms with E-state index in [-0.39, 0.29) is 0 Å². The van der Waals surface area contributed by atoms with Gasteiger partial charge in [-0.1, -0.05) is 30.3 Å². The zero-order valence-electron chi connectivity index (χ0n) is 17.8. The molecule has 0 N–H and O–H groups in total. The van der Waals surface area contributed by atoms with E-state index >= 15 is 0 Å². The molecular weight excluding hydrogens is 392 g/mol. The van der Waals surface area contributed by atoms with Gasteiger partial charge in [-0.05, 0) is 43.3 Å². The molecule has 31 heavy (non-hydrogen) atoms. The molecule has 0 unspecified atom stereocenters. The number of benzene rings is 3. The van der Waals surface area contributed by atoms with Gasteiger partial charge < -0.3 is 23.5 Å². The number of hydrogen-bond donors (Lipinski definition) is 0. The number of para-hydroxylation sites is 4. The van der Waals surface area contributed by atoms with E-state index in [1.807, 2.05) is 73.7 Å². The van der Waals surface area contributed by atoms with Crippen molar-refractivity contribution in [2.45, 2.75) is 20.1 Å². The fraction of sp³-hybridized carbons (Fsp3) is 0.240. The minimum Gasteiger partial charge on any atom is -0.497 e. The molecule has 6 nitrogen and oxygen atoms in total. The van der Waals surface area contributed by atoms with E-state index in [1.54, 1.807) is 7.11 Å². The molecule has 4 aromatic rings. The van der Waals surface area contributed by atoms with Crippen molar-refractivity contribution in [3.63, 3.8) is 0 Å². The summed E-state index contributed by atoms with van der Waals surface area (Å²) < 4.78 is 25.1. The average Bonchev–Trinajstić information content (AvgIpc) is 3.17. The summed E-state index contributed by atoms with van der Waals surface area (Å²) in [4.78, 5) is 4.77. The molecule has 0 bridgehead atoms. The van der Waals surface area contributed by atoms with Gasteiger partial charge in [0.05, 0.1) is 31.3 Å². The molecule has 0 aliphatic rings. The van der Waals surface area contributed by atoms with E-state index in [9.17, 15) is 0 Å². The number of hydrogen-bond acceptors (Lipinski definition) is 5. The lowest BCUT2D eigenvalue weighted by molar-refractivity contribution is 0.257. The molecular formula is C25H26N2O4. The van der Waals surface area contributed by atoms with Crippen molar-refractivity contribution >= 4 is 11.0 Å². The standard InChI is InChI=1S/C25H26N2O4/c1-3-29-23-13-6-7-14-24(23)30-16-15-27-22-12-5-4-11-21(22)26-25(27)18-31-20-10-8-9-19(17-20)28-2/h4-14,17H,3,15-16,18H2,1-2H3. The van der Waals surface area contributed by atoms with Gasteiger partial charge in [0.25, 0.3) is 0 Å². The lowest BCUT2D eigenvalue weighted by Gasteiger charge is -2.14. The molecule has 0 radical (unpaired) electrons. The monoisotopic (exact) mass is 418 g/mol. The van der Waals surface area contributed by atoms with Crippen LogP contribution < -0.4 is 18.9 Å². The van der Waals surface area contributed by atoms with Gasteiger partial charge in [0.15, 0.2) is 11.5 Å². The van der Waals surface area contributed by atoms with Crippen LogP contribution in [0.4, 0.5) is 0 Å². The summed E-state index contributed by atoms with van der Waals surface area (Å²) in [5.41, 5.74) is 1.98. The van der Waals surface area contributed by atoms with E-state index in [0.29, 0.717) is 26.4 Å². The number of ether oxygens (including phenoxy) is 4. The van der Waals surface area contributed by atoms with Crippen LogP contribution in [0.3, 0.4) is 0 Å². The molecule has 6 heteroatoms. The summed E-state index contributed by atoms with van der Waals surface area (Å²) in [6.07, 6.45) is 0. The minimum absolute atomic E-state index is 0.345. The molecule has 1 aromatic heterocycles. The molecule has 160 valence electrons. The van der Waals surface area contributed by atoms with Crippen LogP contribution in [0, 0.1) is 0 Å². The maximum atomic E-state index is 6.03. The van der Waals surface area contributed by atoms with Gasteiger partial charge in [-0.15, -0.1) is 0 Å². The quantitative estimate of drug-likeness (QED) is 0.359. The van der Waals surface area contributed by atoms with Crippen molar-refractivity contribution in [2.75, 3.05) is 20.3 Å². The Morgan fingerprint density at radius 3 is 2.35 bits per heavy atom. The zero-order valence-corrected chi connectivity index (χ0v) is 17.8. The highest BCUT2D eigenvalue weighted by Crippen LogP contribution is 2.27. The van der Waals surface area contributed by atoms with Crippen LogP contribution in [0.5, 0.6) is 23.0 Å². The van der Waals surface area contributed by atoms with Crippen molar-refractivity contribution in [3.05, 3.63) is 78.6 Å². The molecule has 0 amide bonds. The summed E-state index contributed by atoms with van der Waals surface area (Å²) >= 11 is 0. The van der Waals surface area contributed by atoms with Crippen LogP contribution in [-0.2, 0) is 13.2 Å². The average molecular weight is 418 g/mol. The fourth-order valence-corrected chi connectivity index (χ4v) is 3.41. The van der Waals surface area contributed by atoms with Crippen LogP contribution in [0.25, 0.3) is 11.0 Å². The third-order valence-corrected chi connectivity index (χ3v) is 4.86. The fourth-order valence-electron chi connectivity index (χ4n) is 3.41.